The van der Waals surface area contributed by atoms with Crippen LogP contribution < -0.4 is 11.1 Å². The predicted molar refractivity (Wildman–Crippen MR) is 72.9 cm³/mol. The summed E-state index contributed by atoms with van der Waals surface area (Å²) in [4.78, 5) is 11.9. The van der Waals surface area contributed by atoms with E-state index in [4.69, 9.17) is 5.73 Å². The Labute approximate surface area is 116 Å². The molecule has 2 aromatic rings. The first kappa shape index (κ1) is 13.5. The quantitative estimate of drug-likeness (QED) is 0.829. The number of nitrogens with one attached hydrogen (secondary N) is 1. The maximum atomic E-state index is 13.1. The monoisotopic (exact) mass is 326 g/mol. The number of carbonyl (C=O) groups excluding carboxylic acids is 1. The third kappa shape index (κ3) is 3.08. The zero-order valence-corrected chi connectivity index (χ0v) is 11.2. The highest BCUT2D eigenvalue weighted by molar-refractivity contribution is 9.10. The first-order valence-corrected chi connectivity index (χ1v) is 6.08. The Hall–Kier alpha value is -1.95. The third-order valence-electron chi connectivity index (χ3n) is 2.44. The normalized spacial score (nSPS) is 10.3. The van der Waals surface area contributed by atoms with Crippen molar-refractivity contribution in [1.82, 2.24) is 0 Å². The Morgan fingerprint density at radius 1 is 1.11 bits per heavy atom. The highest BCUT2D eigenvalue weighted by Crippen LogP contribution is 2.19. The average molecular weight is 327 g/mol. The molecule has 0 aromatic heterocycles. The summed E-state index contributed by atoms with van der Waals surface area (Å²) in [6.45, 7) is 0. The van der Waals surface area contributed by atoms with Gasteiger partial charge in [-0.15, -0.1) is 0 Å². The first-order valence-electron chi connectivity index (χ1n) is 5.29. The van der Waals surface area contributed by atoms with Crippen molar-refractivity contribution in [2.75, 3.05) is 11.1 Å². The van der Waals surface area contributed by atoms with Gasteiger partial charge < -0.3 is 11.1 Å². The lowest BCUT2D eigenvalue weighted by molar-refractivity contribution is 0.102. The molecule has 6 heteroatoms. The van der Waals surface area contributed by atoms with Crippen LogP contribution in [0.1, 0.15) is 10.4 Å². The summed E-state index contributed by atoms with van der Waals surface area (Å²) in [5.74, 6) is -2.80. The molecule has 1 amide bonds. The fourth-order valence-corrected chi connectivity index (χ4v) is 1.75. The SMILES string of the molecule is Nc1cc(F)c(F)cc1C(=O)Nc1ccc(Br)cc1. The van der Waals surface area contributed by atoms with Crippen LogP contribution in [0.25, 0.3) is 0 Å². The number of carbonyl (C=O) groups is 1. The highest BCUT2D eigenvalue weighted by Gasteiger charge is 2.14. The van der Waals surface area contributed by atoms with Crippen LogP contribution in [-0.2, 0) is 0 Å². The summed E-state index contributed by atoms with van der Waals surface area (Å²) >= 11 is 3.26. The Bertz CT molecular complexity index is 629. The van der Waals surface area contributed by atoms with Crippen LogP contribution in [0.15, 0.2) is 40.9 Å². The van der Waals surface area contributed by atoms with Crippen LogP contribution in [0.5, 0.6) is 0 Å². The van der Waals surface area contributed by atoms with E-state index in [0.29, 0.717) is 5.69 Å². The molecule has 0 heterocycles. The van der Waals surface area contributed by atoms with Crippen LogP contribution in [0.2, 0.25) is 0 Å². The van der Waals surface area contributed by atoms with Gasteiger partial charge in [0.1, 0.15) is 0 Å². The minimum Gasteiger partial charge on any atom is -0.398 e. The molecule has 0 aliphatic heterocycles. The minimum absolute atomic E-state index is 0.109. The van der Waals surface area contributed by atoms with Gasteiger partial charge in [0, 0.05) is 21.9 Å². The summed E-state index contributed by atoms with van der Waals surface area (Å²) in [5.41, 5.74) is 5.79. The molecule has 0 saturated heterocycles. The summed E-state index contributed by atoms with van der Waals surface area (Å²) in [6, 6.07) is 8.37. The van der Waals surface area contributed by atoms with Gasteiger partial charge in [-0.2, -0.15) is 0 Å². The molecule has 0 radical (unpaired) electrons. The molecule has 98 valence electrons. The van der Waals surface area contributed by atoms with Crippen LogP contribution >= 0.6 is 15.9 Å². The number of benzene rings is 2. The summed E-state index contributed by atoms with van der Waals surface area (Å²) in [5, 5.41) is 2.54. The molecule has 0 fully saturated rings. The van der Waals surface area contributed by atoms with E-state index in [1.165, 1.54) is 0 Å². The second kappa shape index (κ2) is 5.36. The molecule has 0 aliphatic carbocycles. The molecule has 3 nitrogen and oxygen atoms in total. The van der Waals surface area contributed by atoms with Crippen LogP contribution in [0.3, 0.4) is 0 Å². The Morgan fingerprint density at radius 2 is 1.68 bits per heavy atom. The van der Waals surface area contributed by atoms with Gasteiger partial charge >= 0.3 is 0 Å². The third-order valence-corrected chi connectivity index (χ3v) is 2.97. The van der Waals surface area contributed by atoms with Crippen molar-refractivity contribution in [2.45, 2.75) is 0 Å². The number of hydrogen-bond donors (Lipinski definition) is 2. The van der Waals surface area contributed by atoms with Gasteiger partial charge in [0.05, 0.1) is 5.56 Å². The van der Waals surface area contributed by atoms with Crippen molar-refractivity contribution in [2.24, 2.45) is 0 Å². The molecule has 0 saturated carbocycles. The number of nitrogen functional groups attached to an aromatic ring is 1. The number of halogens is 3. The largest absolute Gasteiger partial charge is 0.398 e. The van der Waals surface area contributed by atoms with Crippen molar-refractivity contribution in [3.8, 4) is 0 Å². The van der Waals surface area contributed by atoms with Gasteiger partial charge in [-0.25, -0.2) is 8.78 Å². The Balaban J connectivity index is 2.25. The fourth-order valence-electron chi connectivity index (χ4n) is 1.49. The number of anilines is 2. The van der Waals surface area contributed by atoms with Crippen molar-refractivity contribution < 1.29 is 13.6 Å². The van der Waals surface area contributed by atoms with Gasteiger partial charge in [-0.05, 0) is 30.3 Å². The van der Waals surface area contributed by atoms with Crippen molar-refractivity contribution >= 4 is 33.2 Å². The summed E-state index contributed by atoms with van der Waals surface area (Å²) < 4.78 is 26.9. The lowest BCUT2D eigenvalue weighted by Crippen LogP contribution is -2.14. The maximum absolute atomic E-state index is 13.1. The Kier molecular flexibility index (Phi) is 3.80. The fraction of sp³-hybridized carbons (Fsp3) is 0. The van der Waals surface area contributed by atoms with E-state index in [0.717, 1.165) is 16.6 Å². The van der Waals surface area contributed by atoms with Gasteiger partial charge in [0.2, 0.25) is 0 Å². The molecule has 0 unspecified atom stereocenters. The number of hydrogen-bond acceptors (Lipinski definition) is 2. The number of rotatable bonds is 2. The standard InChI is InChI=1S/C13H9BrF2N2O/c14-7-1-3-8(4-2-7)18-13(19)9-5-10(15)11(16)6-12(9)17/h1-6H,17H2,(H,18,19). The van der Waals surface area contributed by atoms with Crippen molar-refractivity contribution in [3.63, 3.8) is 0 Å². The van der Waals surface area contributed by atoms with Gasteiger partial charge in [0.15, 0.2) is 11.6 Å². The summed E-state index contributed by atoms with van der Waals surface area (Å²) in [6.07, 6.45) is 0. The number of amides is 1. The van der Waals surface area contributed by atoms with E-state index < -0.39 is 17.5 Å². The second-order valence-corrected chi connectivity index (χ2v) is 4.73. The molecular formula is C13H9BrF2N2O. The van der Waals surface area contributed by atoms with E-state index >= 15 is 0 Å². The Morgan fingerprint density at radius 3 is 2.32 bits per heavy atom. The van der Waals surface area contributed by atoms with E-state index in [1.807, 2.05) is 0 Å². The van der Waals surface area contributed by atoms with Gasteiger partial charge in [0.25, 0.3) is 5.91 Å². The molecular weight excluding hydrogens is 318 g/mol. The molecule has 3 N–H and O–H groups in total. The highest BCUT2D eigenvalue weighted by atomic mass is 79.9. The van der Waals surface area contributed by atoms with Crippen LogP contribution in [0, 0.1) is 11.6 Å². The van der Waals surface area contributed by atoms with E-state index in [-0.39, 0.29) is 11.3 Å². The van der Waals surface area contributed by atoms with Gasteiger partial charge in [-0.1, -0.05) is 15.9 Å². The minimum atomic E-state index is -1.12. The molecule has 19 heavy (non-hydrogen) atoms. The van der Waals surface area contributed by atoms with E-state index in [9.17, 15) is 13.6 Å². The van der Waals surface area contributed by atoms with Crippen LogP contribution in [0.4, 0.5) is 20.2 Å². The smallest absolute Gasteiger partial charge is 0.257 e. The molecule has 0 atom stereocenters. The summed E-state index contributed by atoms with van der Waals surface area (Å²) in [7, 11) is 0. The lowest BCUT2D eigenvalue weighted by atomic mass is 10.1. The number of nitrogens with two attached hydrogens (primary N) is 1. The lowest BCUT2D eigenvalue weighted by Gasteiger charge is -2.08. The average Bonchev–Trinajstić information content (AvgIpc) is 2.36. The molecule has 0 aliphatic rings. The van der Waals surface area contributed by atoms with Crippen molar-refractivity contribution in [3.05, 3.63) is 58.1 Å². The zero-order valence-electron chi connectivity index (χ0n) is 9.58. The first-order chi connectivity index (χ1) is 8.97. The predicted octanol–water partition coefficient (Wildman–Crippen LogP) is 3.56. The van der Waals surface area contributed by atoms with Crippen LogP contribution in [-0.4, -0.2) is 5.91 Å². The topological polar surface area (TPSA) is 55.1 Å². The molecule has 2 rings (SSSR count). The van der Waals surface area contributed by atoms with E-state index in [1.54, 1.807) is 24.3 Å². The maximum Gasteiger partial charge on any atom is 0.257 e. The second-order valence-electron chi connectivity index (χ2n) is 3.81. The van der Waals surface area contributed by atoms with Crippen molar-refractivity contribution in [1.29, 1.82) is 0 Å². The molecule has 0 spiro atoms. The molecule has 2 aromatic carbocycles. The molecule has 0 bridgehead atoms. The van der Waals surface area contributed by atoms with E-state index in [2.05, 4.69) is 21.2 Å². The zero-order chi connectivity index (χ0) is 14.0. The van der Waals surface area contributed by atoms with Gasteiger partial charge in [-0.3, -0.25) is 4.79 Å².